The van der Waals surface area contributed by atoms with E-state index in [-0.39, 0.29) is 0 Å². The Balaban J connectivity index is 2.94. The third-order valence-electron chi connectivity index (χ3n) is 1.45. The average molecular weight is 194 g/mol. The number of nitrogens with zero attached hydrogens (tertiary/aromatic N) is 1. The fourth-order valence-electron chi connectivity index (χ4n) is 0.927. The van der Waals surface area contributed by atoms with Crippen LogP contribution in [0.2, 0.25) is 0 Å². The summed E-state index contributed by atoms with van der Waals surface area (Å²) in [4.78, 5) is 19.0. The lowest BCUT2D eigenvalue weighted by atomic mass is 10.2. The Bertz CT molecular complexity index is 335. The Kier molecular flexibility index (Phi) is 3.63. The zero-order chi connectivity index (χ0) is 10.4. The van der Waals surface area contributed by atoms with E-state index in [2.05, 4.69) is 15.3 Å². The molecular formula is C9H10N2O3. The molecule has 5 heteroatoms. The summed E-state index contributed by atoms with van der Waals surface area (Å²) in [5.41, 5.74) is 3.48. The van der Waals surface area contributed by atoms with Gasteiger partial charge in [-0.1, -0.05) is 0 Å². The van der Waals surface area contributed by atoms with Crippen molar-refractivity contribution < 1.29 is 14.7 Å². The van der Waals surface area contributed by atoms with Crippen molar-refractivity contribution in [1.29, 1.82) is 0 Å². The Morgan fingerprint density at radius 1 is 1.71 bits per heavy atom. The molecule has 0 radical (unpaired) electrons. The Hall–Kier alpha value is -1.88. The van der Waals surface area contributed by atoms with Gasteiger partial charge in [0.1, 0.15) is 0 Å². The lowest BCUT2D eigenvalue weighted by Crippen LogP contribution is -2.11. The predicted octanol–water partition coefficient (Wildman–Crippen LogP) is 0.658. The first-order valence-electron chi connectivity index (χ1n) is 3.88. The number of hydrogen-bond acceptors (Lipinski definition) is 4. The highest BCUT2D eigenvalue weighted by molar-refractivity contribution is 5.89. The van der Waals surface area contributed by atoms with Crippen LogP contribution in [0, 0.1) is 0 Å². The van der Waals surface area contributed by atoms with Gasteiger partial charge in [-0.05, 0) is 12.1 Å². The van der Waals surface area contributed by atoms with Crippen molar-refractivity contribution >= 4 is 11.7 Å². The van der Waals surface area contributed by atoms with Crippen LogP contribution in [-0.2, 0) is 9.63 Å². The fourth-order valence-corrected chi connectivity index (χ4v) is 0.927. The molecule has 0 unspecified atom stereocenters. The number of carbonyl (C=O) groups is 1. The van der Waals surface area contributed by atoms with Gasteiger partial charge in [0.25, 0.3) is 0 Å². The molecule has 14 heavy (non-hydrogen) atoms. The van der Waals surface area contributed by atoms with E-state index in [0.717, 1.165) is 6.08 Å². The number of aromatic nitrogens is 1. The molecule has 0 atom stereocenters. The van der Waals surface area contributed by atoms with Gasteiger partial charge in [0.15, 0.2) is 0 Å². The molecule has 0 aliphatic rings. The summed E-state index contributed by atoms with van der Waals surface area (Å²) in [5, 5.41) is 8.58. The molecule has 74 valence electrons. The maximum atomic E-state index is 10.5. The van der Waals surface area contributed by atoms with Crippen LogP contribution in [0.3, 0.4) is 0 Å². The summed E-state index contributed by atoms with van der Waals surface area (Å²) in [7, 11) is 1.41. The van der Waals surface area contributed by atoms with Gasteiger partial charge in [-0.15, -0.1) is 0 Å². The third kappa shape index (κ3) is 2.87. The molecular weight excluding hydrogens is 184 g/mol. The van der Waals surface area contributed by atoms with Gasteiger partial charge in [0, 0.05) is 24.0 Å². The highest BCUT2D eigenvalue weighted by atomic mass is 16.6. The fraction of sp³-hybridized carbons (Fsp3) is 0.111. The van der Waals surface area contributed by atoms with Crippen LogP contribution < -0.4 is 5.48 Å². The summed E-state index contributed by atoms with van der Waals surface area (Å²) in [5.74, 6) is -1.05. The molecule has 1 rings (SSSR count). The summed E-state index contributed by atoms with van der Waals surface area (Å²) >= 11 is 0. The van der Waals surface area contributed by atoms with Gasteiger partial charge in [-0.3, -0.25) is 15.3 Å². The molecule has 0 fully saturated rings. The van der Waals surface area contributed by atoms with E-state index in [1.54, 1.807) is 24.5 Å². The van der Waals surface area contributed by atoms with E-state index >= 15 is 0 Å². The highest BCUT2D eigenvalue weighted by Gasteiger charge is 2.02. The molecule has 0 saturated carbocycles. The van der Waals surface area contributed by atoms with Crippen LogP contribution in [0.4, 0.5) is 0 Å². The monoisotopic (exact) mass is 194 g/mol. The van der Waals surface area contributed by atoms with Crippen molar-refractivity contribution in [2.24, 2.45) is 0 Å². The average Bonchev–Trinajstić information content (AvgIpc) is 2.18. The van der Waals surface area contributed by atoms with Crippen molar-refractivity contribution in [1.82, 2.24) is 10.5 Å². The zero-order valence-corrected chi connectivity index (χ0v) is 7.60. The largest absolute Gasteiger partial charge is 0.478 e. The molecule has 2 N–H and O–H groups in total. The van der Waals surface area contributed by atoms with Crippen LogP contribution in [0.1, 0.15) is 5.56 Å². The number of aliphatic carboxylic acids is 1. The van der Waals surface area contributed by atoms with E-state index in [4.69, 9.17) is 5.11 Å². The van der Waals surface area contributed by atoms with Crippen molar-refractivity contribution in [3.8, 4) is 0 Å². The number of rotatable bonds is 4. The normalized spacial score (nSPS) is 11.1. The van der Waals surface area contributed by atoms with Crippen molar-refractivity contribution in [3.05, 3.63) is 36.2 Å². The second-order valence-corrected chi connectivity index (χ2v) is 2.44. The Labute approximate surface area is 81.0 Å². The lowest BCUT2D eigenvalue weighted by Gasteiger charge is -2.06. The molecule has 0 bridgehead atoms. The first-order valence-corrected chi connectivity index (χ1v) is 3.88. The van der Waals surface area contributed by atoms with Crippen LogP contribution >= 0.6 is 0 Å². The number of pyridine rings is 1. The van der Waals surface area contributed by atoms with Gasteiger partial charge in [-0.2, -0.15) is 0 Å². The maximum absolute atomic E-state index is 10.5. The van der Waals surface area contributed by atoms with Gasteiger partial charge < -0.3 is 5.11 Å². The number of carboxylic acid groups (broad SMARTS) is 1. The Morgan fingerprint density at radius 2 is 2.50 bits per heavy atom. The van der Waals surface area contributed by atoms with Gasteiger partial charge >= 0.3 is 5.97 Å². The molecule has 0 aliphatic heterocycles. The van der Waals surface area contributed by atoms with Crippen LogP contribution in [0.25, 0.3) is 5.70 Å². The minimum Gasteiger partial charge on any atom is -0.478 e. The van der Waals surface area contributed by atoms with Crippen molar-refractivity contribution in [2.75, 3.05) is 7.11 Å². The lowest BCUT2D eigenvalue weighted by molar-refractivity contribution is -0.131. The number of nitrogens with one attached hydrogen (secondary N) is 1. The van der Waals surface area contributed by atoms with E-state index in [1.165, 1.54) is 7.11 Å². The van der Waals surface area contributed by atoms with E-state index < -0.39 is 5.97 Å². The van der Waals surface area contributed by atoms with Crippen molar-refractivity contribution in [2.45, 2.75) is 0 Å². The summed E-state index contributed by atoms with van der Waals surface area (Å²) in [6.45, 7) is 0. The number of hydrogen-bond donors (Lipinski definition) is 2. The SMILES string of the molecule is CONC(=CC(=O)O)c1cccnc1. The zero-order valence-electron chi connectivity index (χ0n) is 7.60. The quantitative estimate of drug-likeness (QED) is 0.544. The summed E-state index contributed by atoms with van der Waals surface area (Å²) in [6, 6.07) is 3.44. The topological polar surface area (TPSA) is 71.5 Å². The minimum atomic E-state index is -1.05. The molecule has 0 amide bonds. The maximum Gasteiger partial charge on any atom is 0.330 e. The predicted molar refractivity (Wildman–Crippen MR) is 50.0 cm³/mol. The molecule has 1 heterocycles. The molecule has 5 nitrogen and oxygen atoms in total. The minimum absolute atomic E-state index is 0.355. The molecule has 1 aromatic rings. The molecule has 1 aromatic heterocycles. The first-order chi connectivity index (χ1) is 6.74. The van der Waals surface area contributed by atoms with E-state index in [1.807, 2.05) is 0 Å². The Morgan fingerprint density at radius 3 is 3.00 bits per heavy atom. The number of carboxylic acids is 1. The van der Waals surface area contributed by atoms with Gasteiger partial charge in [0.05, 0.1) is 12.8 Å². The van der Waals surface area contributed by atoms with E-state index in [0.29, 0.717) is 11.3 Å². The summed E-state index contributed by atoms with van der Waals surface area (Å²) in [6.07, 6.45) is 4.16. The van der Waals surface area contributed by atoms with Crippen LogP contribution in [0.5, 0.6) is 0 Å². The second kappa shape index (κ2) is 4.98. The highest BCUT2D eigenvalue weighted by Crippen LogP contribution is 2.08. The molecule has 0 aromatic carbocycles. The third-order valence-corrected chi connectivity index (χ3v) is 1.45. The van der Waals surface area contributed by atoms with Crippen LogP contribution in [-0.4, -0.2) is 23.2 Å². The van der Waals surface area contributed by atoms with Crippen LogP contribution in [0.15, 0.2) is 30.6 Å². The smallest absolute Gasteiger partial charge is 0.330 e. The van der Waals surface area contributed by atoms with Crippen molar-refractivity contribution in [3.63, 3.8) is 0 Å². The second-order valence-electron chi connectivity index (χ2n) is 2.44. The van der Waals surface area contributed by atoms with Gasteiger partial charge in [-0.25, -0.2) is 4.79 Å². The van der Waals surface area contributed by atoms with E-state index in [9.17, 15) is 4.79 Å². The molecule has 0 saturated heterocycles. The first kappa shape index (κ1) is 10.2. The van der Waals surface area contributed by atoms with Gasteiger partial charge in [0.2, 0.25) is 0 Å². The summed E-state index contributed by atoms with van der Waals surface area (Å²) < 4.78 is 0. The molecule has 0 aliphatic carbocycles. The number of hydroxylamine groups is 1. The molecule has 0 spiro atoms. The standard InChI is InChI=1S/C9H10N2O3/c1-14-11-8(5-9(12)13)7-3-2-4-10-6-7/h2-6,11H,1H3,(H,12,13).